The zero-order chi connectivity index (χ0) is 13.9. The minimum absolute atomic E-state index is 0.00824. The molecular formula is C15H21BrN2O. The molecule has 19 heavy (non-hydrogen) atoms. The molecule has 3 nitrogen and oxygen atoms in total. The highest BCUT2D eigenvalue weighted by Gasteiger charge is 2.39. The maximum Gasteiger partial charge on any atom is 0.240 e. The van der Waals surface area contributed by atoms with Crippen molar-refractivity contribution in [3.63, 3.8) is 0 Å². The number of amides is 1. The van der Waals surface area contributed by atoms with Gasteiger partial charge < -0.3 is 10.6 Å². The Morgan fingerprint density at radius 3 is 2.84 bits per heavy atom. The topological polar surface area (TPSA) is 41.1 Å². The normalized spacial score (nSPS) is 24.2. The molecule has 1 fully saturated rings. The molecule has 2 unspecified atom stereocenters. The van der Waals surface area contributed by atoms with Gasteiger partial charge in [-0.05, 0) is 44.4 Å². The van der Waals surface area contributed by atoms with E-state index in [9.17, 15) is 4.79 Å². The van der Waals surface area contributed by atoms with Crippen molar-refractivity contribution < 1.29 is 4.79 Å². The largest absolute Gasteiger partial charge is 0.348 e. The average Bonchev–Trinajstić information content (AvgIpc) is 2.89. The first-order valence-corrected chi connectivity index (χ1v) is 7.69. The van der Waals surface area contributed by atoms with Gasteiger partial charge in [-0.2, -0.15) is 0 Å². The fraction of sp³-hybridized carbons (Fsp3) is 0.533. The summed E-state index contributed by atoms with van der Waals surface area (Å²) in [5.74, 6) is 0.121. The minimum Gasteiger partial charge on any atom is -0.348 e. The van der Waals surface area contributed by atoms with Crippen molar-refractivity contribution in [1.82, 2.24) is 10.6 Å². The highest BCUT2D eigenvalue weighted by atomic mass is 79.9. The van der Waals surface area contributed by atoms with Crippen LogP contribution in [0.25, 0.3) is 0 Å². The van der Waals surface area contributed by atoms with Crippen LogP contribution in [0.15, 0.2) is 28.7 Å². The lowest BCUT2D eigenvalue weighted by Crippen LogP contribution is -2.53. The van der Waals surface area contributed by atoms with Crippen LogP contribution >= 0.6 is 15.9 Å². The molecule has 1 aliphatic heterocycles. The van der Waals surface area contributed by atoms with Crippen LogP contribution in [0.4, 0.5) is 0 Å². The third-order valence-corrected chi connectivity index (χ3v) is 4.72. The molecule has 1 aromatic carbocycles. The van der Waals surface area contributed by atoms with Gasteiger partial charge in [0.05, 0.1) is 11.6 Å². The van der Waals surface area contributed by atoms with E-state index < -0.39 is 0 Å². The highest BCUT2D eigenvalue weighted by molar-refractivity contribution is 9.10. The zero-order valence-corrected chi connectivity index (χ0v) is 13.1. The van der Waals surface area contributed by atoms with Gasteiger partial charge in [0.15, 0.2) is 0 Å². The maximum atomic E-state index is 12.5. The second-order valence-corrected chi connectivity index (χ2v) is 6.04. The predicted molar refractivity (Wildman–Crippen MR) is 81.0 cm³/mol. The van der Waals surface area contributed by atoms with Crippen molar-refractivity contribution in [2.75, 3.05) is 6.54 Å². The van der Waals surface area contributed by atoms with Crippen molar-refractivity contribution >= 4 is 21.8 Å². The molecule has 104 valence electrons. The third-order valence-electron chi connectivity index (χ3n) is 4.00. The Morgan fingerprint density at radius 2 is 2.26 bits per heavy atom. The summed E-state index contributed by atoms with van der Waals surface area (Å²) < 4.78 is 1.03. The quantitative estimate of drug-likeness (QED) is 0.893. The van der Waals surface area contributed by atoms with Gasteiger partial charge in [0.25, 0.3) is 0 Å². The molecular weight excluding hydrogens is 304 g/mol. The monoisotopic (exact) mass is 324 g/mol. The fourth-order valence-electron chi connectivity index (χ4n) is 2.70. The molecule has 1 amide bonds. The van der Waals surface area contributed by atoms with Crippen LogP contribution in [0, 0.1) is 0 Å². The molecule has 4 heteroatoms. The van der Waals surface area contributed by atoms with Gasteiger partial charge in [-0.15, -0.1) is 0 Å². The van der Waals surface area contributed by atoms with Crippen molar-refractivity contribution in [3.8, 4) is 0 Å². The van der Waals surface area contributed by atoms with Gasteiger partial charge in [0.2, 0.25) is 5.91 Å². The summed E-state index contributed by atoms with van der Waals surface area (Å²) in [5.41, 5.74) is 0.746. The van der Waals surface area contributed by atoms with Crippen LogP contribution in [0.5, 0.6) is 0 Å². The maximum absolute atomic E-state index is 12.5. The molecule has 0 radical (unpaired) electrons. The number of carbonyl (C=O) groups excluding carboxylic acids is 1. The summed E-state index contributed by atoms with van der Waals surface area (Å²) in [4.78, 5) is 12.5. The summed E-state index contributed by atoms with van der Waals surface area (Å²) in [7, 11) is 0. The van der Waals surface area contributed by atoms with Crippen LogP contribution in [-0.2, 0) is 4.79 Å². The second kappa shape index (κ2) is 6.06. The number of halogens is 1. The molecule has 1 saturated heterocycles. The Balaban J connectivity index is 2.08. The number of nitrogens with one attached hydrogen (secondary N) is 2. The summed E-state index contributed by atoms with van der Waals surface area (Å²) in [6.07, 6.45) is 2.84. The molecule has 0 aliphatic carbocycles. The Bertz CT molecular complexity index is 455. The van der Waals surface area contributed by atoms with E-state index in [1.807, 2.05) is 31.2 Å². The van der Waals surface area contributed by atoms with E-state index in [-0.39, 0.29) is 17.5 Å². The van der Waals surface area contributed by atoms with Gasteiger partial charge in [-0.25, -0.2) is 0 Å². The lowest BCUT2D eigenvalue weighted by molar-refractivity contribution is -0.128. The van der Waals surface area contributed by atoms with Crippen LogP contribution in [0.2, 0.25) is 0 Å². The Kier molecular flexibility index (Phi) is 4.63. The summed E-state index contributed by atoms with van der Waals surface area (Å²) >= 11 is 3.53. The number of rotatable bonds is 4. The number of benzene rings is 1. The van der Waals surface area contributed by atoms with Crippen LogP contribution < -0.4 is 10.6 Å². The SMILES string of the molecule is CCC1(C(=O)NC(C)c2ccccc2Br)CCCN1. The Hall–Kier alpha value is -0.870. The molecule has 1 aliphatic rings. The van der Waals surface area contributed by atoms with Crippen LogP contribution in [-0.4, -0.2) is 18.0 Å². The highest BCUT2D eigenvalue weighted by Crippen LogP contribution is 2.26. The van der Waals surface area contributed by atoms with E-state index in [0.717, 1.165) is 35.8 Å². The molecule has 2 N–H and O–H groups in total. The molecule has 2 atom stereocenters. The molecule has 0 bridgehead atoms. The van der Waals surface area contributed by atoms with Gasteiger partial charge in [-0.3, -0.25) is 4.79 Å². The molecule has 2 rings (SSSR count). The standard InChI is InChI=1S/C15H21BrN2O/c1-3-15(9-6-10-17-15)14(19)18-11(2)12-7-4-5-8-13(12)16/h4-5,7-8,11,17H,3,6,9-10H2,1-2H3,(H,18,19). The number of hydrogen-bond donors (Lipinski definition) is 2. The van der Waals surface area contributed by atoms with E-state index in [2.05, 4.69) is 33.5 Å². The Morgan fingerprint density at radius 1 is 1.53 bits per heavy atom. The molecule has 1 aromatic rings. The Labute approximate surface area is 123 Å². The van der Waals surface area contributed by atoms with Gasteiger partial charge in [-0.1, -0.05) is 41.1 Å². The van der Waals surface area contributed by atoms with E-state index >= 15 is 0 Å². The third kappa shape index (κ3) is 3.00. The van der Waals surface area contributed by atoms with Crippen LogP contribution in [0.1, 0.15) is 44.7 Å². The van der Waals surface area contributed by atoms with Crippen molar-refractivity contribution in [3.05, 3.63) is 34.3 Å². The number of hydrogen-bond acceptors (Lipinski definition) is 2. The first kappa shape index (κ1) is 14.5. The van der Waals surface area contributed by atoms with Crippen molar-refractivity contribution in [1.29, 1.82) is 0 Å². The molecule has 0 saturated carbocycles. The molecule has 0 aromatic heterocycles. The first-order valence-electron chi connectivity index (χ1n) is 6.89. The average molecular weight is 325 g/mol. The predicted octanol–water partition coefficient (Wildman–Crippen LogP) is 3.16. The minimum atomic E-state index is -0.366. The lowest BCUT2D eigenvalue weighted by atomic mass is 9.92. The van der Waals surface area contributed by atoms with Gasteiger partial charge in [0.1, 0.15) is 0 Å². The van der Waals surface area contributed by atoms with Crippen molar-refractivity contribution in [2.24, 2.45) is 0 Å². The summed E-state index contributed by atoms with van der Waals surface area (Å²) in [5, 5.41) is 6.51. The zero-order valence-electron chi connectivity index (χ0n) is 11.5. The van der Waals surface area contributed by atoms with E-state index in [1.54, 1.807) is 0 Å². The van der Waals surface area contributed by atoms with Gasteiger partial charge in [0, 0.05) is 4.47 Å². The van der Waals surface area contributed by atoms with Crippen LogP contribution in [0.3, 0.4) is 0 Å². The lowest BCUT2D eigenvalue weighted by Gasteiger charge is -2.29. The summed E-state index contributed by atoms with van der Waals surface area (Å²) in [6.45, 7) is 5.03. The first-order chi connectivity index (χ1) is 9.09. The van der Waals surface area contributed by atoms with E-state index in [1.165, 1.54) is 0 Å². The fourth-order valence-corrected chi connectivity index (χ4v) is 3.33. The van der Waals surface area contributed by atoms with E-state index in [0.29, 0.717) is 0 Å². The van der Waals surface area contributed by atoms with E-state index in [4.69, 9.17) is 0 Å². The second-order valence-electron chi connectivity index (χ2n) is 5.18. The molecule has 1 heterocycles. The number of carbonyl (C=O) groups is 1. The smallest absolute Gasteiger partial charge is 0.240 e. The van der Waals surface area contributed by atoms with Crippen molar-refractivity contribution in [2.45, 2.75) is 44.7 Å². The molecule has 0 spiro atoms. The van der Waals surface area contributed by atoms with Gasteiger partial charge >= 0.3 is 0 Å². The summed E-state index contributed by atoms with van der Waals surface area (Å²) in [6, 6.07) is 8.02.